The molecule has 0 spiro atoms. The average Bonchev–Trinajstić information content (AvgIpc) is 3.00. The quantitative estimate of drug-likeness (QED) is 0.434. The Bertz CT molecular complexity index is 933. The summed E-state index contributed by atoms with van der Waals surface area (Å²) in [6.07, 6.45) is 1.76. The molecule has 8 heteroatoms. The maximum atomic E-state index is 12.2. The Labute approximate surface area is 139 Å². The third-order valence-electron chi connectivity index (χ3n) is 2.81. The molecule has 0 aliphatic rings. The molecule has 6 nitrogen and oxygen atoms in total. The molecule has 1 aromatic carbocycles. The van der Waals surface area contributed by atoms with Crippen molar-refractivity contribution >= 4 is 45.1 Å². The number of anilines is 1. The zero-order valence-corrected chi connectivity index (χ0v) is 13.4. The van der Waals surface area contributed by atoms with E-state index in [4.69, 9.17) is 4.42 Å². The molecule has 23 heavy (non-hydrogen) atoms. The molecule has 0 aliphatic carbocycles. The molecule has 116 valence electrons. The van der Waals surface area contributed by atoms with Crippen LogP contribution in [0.4, 0.5) is 5.13 Å². The maximum Gasteiger partial charge on any atom is 0.293 e. The monoisotopic (exact) mass is 345 g/mol. The van der Waals surface area contributed by atoms with Crippen LogP contribution in [-0.4, -0.2) is 21.9 Å². The summed E-state index contributed by atoms with van der Waals surface area (Å²) in [5.41, 5.74) is 0.0983. The van der Waals surface area contributed by atoms with Gasteiger partial charge in [0.25, 0.3) is 5.91 Å². The number of thioether (sulfide) groups is 1. The van der Waals surface area contributed by atoms with E-state index in [9.17, 15) is 9.59 Å². The first-order chi connectivity index (χ1) is 11.2. The molecule has 0 radical (unpaired) electrons. The van der Waals surface area contributed by atoms with Gasteiger partial charge in [0.15, 0.2) is 15.5 Å². The van der Waals surface area contributed by atoms with E-state index < -0.39 is 5.91 Å². The standard InChI is InChI=1S/C15H11N3O3S2/c1-2-7-22-15-18-17-14(23-15)16-13(20)12-8-10(19)9-5-3-4-6-11(9)21-12/h2-6,8H,1,7H2,(H,16,17,20). The largest absolute Gasteiger partial charge is 0.451 e. The number of nitrogens with zero attached hydrogens (tertiary/aromatic N) is 2. The van der Waals surface area contributed by atoms with Gasteiger partial charge in [0.1, 0.15) is 5.58 Å². The Morgan fingerprint density at radius 1 is 1.39 bits per heavy atom. The summed E-state index contributed by atoms with van der Waals surface area (Å²) in [6, 6.07) is 7.94. The molecule has 2 aromatic heterocycles. The highest BCUT2D eigenvalue weighted by Gasteiger charge is 2.14. The minimum atomic E-state index is -0.538. The molecule has 0 bridgehead atoms. The maximum absolute atomic E-state index is 12.2. The zero-order chi connectivity index (χ0) is 16.2. The topological polar surface area (TPSA) is 85.1 Å². The van der Waals surface area contributed by atoms with Crippen LogP contribution in [0.15, 0.2) is 56.5 Å². The van der Waals surface area contributed by atoms with Crippen LogP contribution in [0.3, 0.4) is 0 Å². The fraction of sp³-hybridized carbons (Fsp3) is 0.0667. The molecular weight excluding hydrogens is 334 g/mol. The average molecular weight is 345 g/mol. The van der Waals surface area contributed by atoms with Crippen molar-refractivity contribution in [2.24, 2.45) is 0 Å². The number of fused-ring (bicyclic) bond motifs is 1. The lowest BCUT2D eigenvalue weighted by molar-refractivity contribution is 0.0997. The number of benzene rings is 1. The number of hydrogen-bond donors (Lipinski definition) is 1. The predicted molar refractivity (Wildman–Crippen MR) is 91.3 cm³/mol. The SMILES string of the molecule is C=CCSc1nnc(NC(=O)c2cc(=O)c3ccccc3o2)s1. The number of aromatic nitrogens is 2. The number of carbonyl (C=O) groups is 1. The van der Waals surface area contributed by atoms with E-state index in [0.29, 0.717) is 21.9 Å². The van der Waals surface area contributed by atoms with Gasteiger partial charge in [-0.25, -0.2) is 0 Å². The summed E-state index contributed by atoms with van der Waals surface area (Å²) in [5.74, 6) is 0.107. The van der Waals surface area contributed by atoms with Crippen molar-refractivity contribution in [3.8, 4) is 0 Å². The van der Waals surface area contributed by atoms with Crippen LogP contribution in [-0.2, 0) is 0 Å². The Morgan fingerprint density at radius 3 is 3.04 bits per heavy atom. The number of amides is 1. The molecule has 0 atom stereocenters. The molecular formula is C15H11N3O3S2. The van der Waals surface area contributed by atoms with E-state index in [2.05, 4.69) is 22.1 Å². The summed E-state index contributed by atoms with van der Waals surface area (Å²) < 4.78 is 6.20. The van der Waals surface area contributed by atoms with E-state index in [-0.39, 0.29) is 11.2 Å². The highest BCUT2D eigenvalue weighted by molar-refractivity contribution is 8.01. The van der Waals surface area contributed by atoms with E-state index >= 15 is 0 Å². The second-order valence-electron chi connectivity index (χ2n) is 4.40. The number of nitrogens with one attached hydrogen (secondary N) is 1. The number of carbonyl (C=O) groups excluding carboxylic acids is 1. The van der Waals surface area contributed by atoms with E-state index in [1.54, 1.807) is 30.3 Å². The molecule has 0 fully saturated rings. The lowest BCUT2D eigenvalue weighted by Crippen LogP contribution is -2.14. The van der Waals surface area contributed by atoms with Crippen LogP contribution in [0.5, 0.6) is 0 Å². The zero-order valence-electron chi connectivity index (χ0n) is 11.8. The van der Waals surface area contributed by atoms with Gasteiger partial charge in [-0.3, -0.25) is 14.9 Å². The third-order valence-corrected chi connectivity index (χ3v) is 4.78. The molecule has 1 N–H and O–H groups in total. The fourth-order valence-corrected chi connectivity index (χ4v) is 3.33. The second kappa shape index (κ2) is 6.76. The summed E-state index contributed by atoms with van der Waals surface area (Å²) in [5, 5.41) is 11.2. The smallest absolute Gasteiger partial charge is 0.293 e. The Balaban J connectivity index is 1.82. The van der Waals surface area contributed by atoms with Crippen LogP contribution in [0.2, 0.25) is 0 Å². The molecule has 3 rings (SSSR count). The van der Waals surface area contributed by atoms with Gasteiger partial charge in [-0.1, -0.05) is 41.3 Å². The predicted octanol–water partition coefficient (Wildman–Crippen LogP) is 3.17. The van der Waals surface area contributed by atoms with Crippen molar-refractivity contribution in [2.45, 2.75) is 4.34 Å². The summed E-state index contributed by atoms with van der Waals surface area (Å²) in [4.78, 5) is 24.2. The van der Waals surface area contributed by atoms with Crippen molar-refractivity contribution in [3.63, 3.8) is 0 Å². The van der Waals surface area contributed by atoms with Gasteiger partial charge in [0.05, 0.1) is 5.39 Å². The highest BCUT2D eigenvalue weighted by atomic mass is 32.2. The van der Waals surface area contributed by atoms with E-state index in [0.717, 1.165) is 4.34 Å². The molecule has 0 unspecified atom stereocenters. The molecule has 1 amide bonds. The second-order valence-corrected chi connectivity index (χ2v) is 6.64. The van der Waals surface area contributed by atoms with Crippen molar-refractivity contribution in [3.05, 3.63) is 59.0 Å². The van der Waals surface area contributed by atoms with E-state index in [1.165, 1.54) is 29.2 Å². The Morgan fingerprint density at radius 2 is 2.22 bits per heavy atom. The van der Waals surface area contributed by atoms with Gasteiger partial charge in [0.2, 0.25) is 5.13 Å². The third kappa shape index (κ3) is 3.49. The lowest BCUT2D eigenvalue weighted by Gasteiger charge is -2.02. The molecule has 2 heterocycles. The summed E-state index contributed by atoms with van der Waals surface area (Å²) >= 11 is 2.72. The molecule has 0 saturated heterocycles. The lowest BCUT2D eigenvalue weighted by atomic mass is 10.2. The van der Waals surface area contributed by atoms with Gasteiger partial charge < -0.3 is 4.42 Å². The van der Waals surface area contributed by atoms with Gasteiger partial charge in [-0.05, 0) is 12.1 Å². The number of hydrogen-bond acceptors (Lipinski definition) is 7. The normalized spacial score (nSPS) is 10.6. The van der Waals surface area contributed by atoms with Crippen molar-refractivity contribution in [2.75, 3.05) is 11.1 Å². The number of para-hydroxylation sites is 1. The minimum Gasteiger partial charge on any atom is -0.451 e. The van der Waals surface area contributed by atoms with Crippen molar-refractivity contribution < 1.29 is 9.21 Å². The summed E-state index contributed by atoms with van der Waals surface area (Å²) in [7, 11) is 0. The van der Waals surface area contributed by atoms with Gasteiger partial charge in [0, 0.05) is 11.8 Å². The van der Waals surface area contributed by atoms with Crippen molar-refractivity contribution in [1.82, 2.24) is 10.2 Å². The Hall–Kier alpha value is -2.45. The summed E-state index contributed by atoms with van der Waals surface area (Å²) in [6.45, 7) is 3.63. The van der Waals surface area contributed by atoms with Gasteiger partial charge in [-0.2, -0.15) is 0 Å². The molecule has 0 aliphatic heterocycles. The van der Waals surface area contributed by atoms with Gasteiger partial charge >= 0.3 is 0 Å². The van der Waals surface area contributed by atoms with Gasteiger partial charge in [-0.15, -0.1) is 16.8 Å². The first kappa shape index (κ1) is 15.4. The van der Waals surface area contributed by atoms with Crippen LogP contribution >= 0.6 is 23.1 Å². The van der Waals surface area contributed by atoms with Crippen LogP contribution in [0, 0.1) is 0 Å². The van der Waals surface area contributed by atoms with Crippen molar-refractivity contribution in [1.29, 1.82) is 0 Å². The first-order valence-electron chi connectivity index (χ1n) is 6.59. The first-order valence-corrected chi connectivity index (χ1v) is 8.39. The molecule has 0 saturated carbocycles. The van der Waals surface area contributed by atoms with Crippen LogP contribution in [0.1, 0.15) is 10.6 Å². The Kier molecular flexibility index (Phi) is 4.54. The van der Waals surface area contributed by atoms with Crippen LogP contribution in [0.25, 0.3) is 11.0 Å². The molecule has 3 aromatic rings. The van der Waals surface area contributed by atoms with Crippen LogP contribution < -0.4 is 10.7 Å². The highest BCUT2D eigenvalue weighted by Crippen LogP contribution is 2.25. The fourth-order valence-electron chi connectivity index (χ4n) is 1.82. The minimum absolute atomic E-state index is 0.0656. The number of rotatable bonds is 5. The van der Waals surface area contributed by atoms with E-state index in [1.807, 2.05) is 0 Å².